The van der Waals surface area contributed by atoms with E-state index in [4.69, 9.17) is 21.6 Å². The molecule has 3 aromatic rings. The number of primary amides is 1. The van der Waals surface area contributed by atoms with E-state index in [1.165, 1.54) is 4.90 Å². The van der Waals surface area contributed by atoms with Crippen LogP contribution in [0.3, 0.4) is 0 Å². The van der Waals surface area contributed by atoms with Crippen molar-refractivity contribution in [3.8, 4) is 11.5 Å². The van der Waals surface area contributed by atoms with Crippen LogP contribution in [0.4, 0.5) is 11.4 Å². The molecule has 1 aliphatic heterocycles. The van der Waals surface area contributed by atoms with E-state index in [0.717, 1.165) is 82.8 Å². The predicted octanol–water partition coefficient (Wildman–Crippen LogP) is 6.42. The zero-order valence-electron chi connectivity index (χ0n) is 23.8. The Balaban J connectivity index is 1.29. The van der Waals surface area contributed by atoms with Crippen LogP contribution >= 0.6 is 11.8 Å². The predicted molar refractivity (Wildman–Crippen MR) is 164 cm³/mol. The van der Waals surface area contributed by atoms with Crippen molar-refractivity contribution >= 4 is 35.0 Å². The molecule has 0 fully saturated rings. The number of phenolic OH excluding ortho intramolecular Hbond substituents is 1. The Hall–Kier alpha value is -3.65. The monoisotopic (exact) mass is 560 g/mol. The molecule has 0 aromatic heterocycles. The van der Waals surface area contributed by atoms with Crippen LogP contribution in [0.2, 0.25) is 0 Å². The van der Waals surface area contributed by atoms with Crippen LogP contribution < -0.4 is 21.1 Å². The van der Waals surface area contributed by atoms with Gasteiger partial charge in [0.25, 0.3) is 0 Å². The number of nitrogens with zero attached hydrogens (tertiary/aromatic N) is 1. The van der Waals surface area contributed by atoms with Gasteiger partial charge in [-0.25, -0.2) is 0 Å². The number of ether oxygens (including phenoxy) is 1. The van der Waals surface area contributed by atoms with Crippen molar-refractivity contribution in [1.29, 1.82) is 5.41 Å². The summed E-state index contributed by atoms with van der Waals surface area (Å²) in [6, 6.07) is 15.4. The third-order valence-corrected chi connectivity index (χ3v) is 8.97. The quantitative estimate of drug-likeness (QED) is 0.0981. The first-order valence-electron chi connectivity index (χ1n) is 13.7. The van der Waals surface area contributed by atoms with Crippen molar-refractivity contribution in [2.24, 2.45) is 11.5 Å². The molecule has 1 atom stereocenters. The Morgan fingerprint density at radius 3 is 2.23 bits per heavy atom. The van der Waals surface area contributed by atoms with Gasteiger partial charge in [-0.1, -0.05) is 12.1 Å². The maximum absolute atomic E-state index is 11.2. The number of carbonyl (C=O) groups excluding carboxylic acids is 1. The van der Waals surface area contributed by atoms with Crippen LogP contribution in [-0.2, 0) is 17.6 Å². The molecule has 0 bridgehead atoms. The molecule has 1 aliphatic rings. The highest BCUT2D eigenvalue weighted by Gasteiger charge is 2.34. The maximum atomic E-state index is 11.2. The van der Waals surface area contributed by atoms with E-state index in [-0.39, 0.29) is 23.9 Å². The number of carbonyl (C=O) groups is 1. The summed E-state index contributed by atoms with van der Waals surface area (Å²) < 4.78 is 6.58. The molecule has 4 rings (SSSR count). The first-order valence-corrected chi connectivity index (χ1v) is 14.7. The molecule has 1 unspecified atom stereocenters. The van der Waals surface area contributed by atoms with Crippen LogP contribution in [0.1, 0.15) is 60.4 Å². The topological polar surface area (TPSA) is 126 Å². The van der Waals surface area contributed by atoms with Gasteiger partial charge in [0.1, 0.15) is 17.1 Å². The number of benzene rings is 3. The minimum absolute atomic E-state index is 0.0820. The van der Waals surface area contributed by atoms with Crippen LogP contribution in [0.25, 0.3) is 0 Å². The number of nitrogens with two attached hydrogens (primary N) is 2. The van der Waals surface area contributed by atoms with Crippen molar-refractivity contribution in [1.82, 2.24) is 0 Å². The van der Waals surface area contributed by atoms with Gasteiger partial charge in [0, 0.05) is 21.8 Å². The van der Waals surface area contributed by atoms with Gasteiger partial charge in [-0.2, -0.15) is 0 Å². The fourth-order valence-corrected chi connectivity index (χ4v) is 6.26. The number of hydrogen-bond donors (Lipinski definition) is 4. The van der Waals surface area contributed by atoms with Gasteiger partial charge in [-0.05, 0) is 124 Å². The Labute approximate surface area is 241 Å². The van der Waals surface area contributed by atoms with Crippen LogP contribution in [0.5, 0.6) is 11.5 Å². The third-order valence-electron chi connectivity index (χ3n) is 7.87. The number of phenols is 1. The number of thioether (sulfide) groups is 1. The highest BCUT2D eigenvalue weighted by molar-refractivity contribution is 7.99. The standard InChI is InChI=1S/C32H40N4O3S/c1-20-21(2)30-27(22(3)29(20)38)15-17-32(4,39-30)16-5-6-18-40-26-13-11-25(12-14-26)36(31(34)35)24-9-7-23(8-10-24)19-28(33)37/h7-14,38H,5-6,15-19H2,1-4H3,(H2,33,37)(H3,34,35). The van der Waals surface area contributed by atoms with Crippen molar-refractivity contribution in [2.75, 3.05) is 10.7 Å². The lowest BCUT2D eigenvalue weighted by Crippen LogP contribution is -2.37. The number of fused-ring (bicyclic) bond motifs is 1. The first kappa shape index (κ1) is 29.3. The molecule has 0 spiro atoms. The molecule has 8 heteroatoms. The van der Waals surface area contributed by atoms with Gasteiger partial charge >= 0.3 is 0 Å². The van der Waals surface area contributed by atoms with Crippen LogP contribution in [0, 0.1) is 26.2 Å². The van der Waals surface area contributed by atoms with Gasteiger partial charge < -0.3 is 21.3 Å². The Morgan fingerprint density at radius 2 is 1.62 bits per heavy atom. The summed E-state index contributed by atoms with van der Waals surface area (Å²) in [4.78, 5) is 14.0. The van der Waals surface area contributed by atoms with E-state index in [1.54, 1.807) is 4.90 Å². The minimum atomic E-state index is -0.381. The van der Waals surface area contributed by atoms with E-state index in [1.807, 2.05) is 68.9 Å². The van der Waals surface area contributed by atoms with E-state index >= 15 is 0 Å². The summed E-state index contributed by atoms with van der Waals surface area (Å²) in [6.07, 6.45) is 5.23. The van der Waals surface area contributed by atoms with E-state index in [0.29, 0.717) is 5.75 Å². The normalized spacial score (nSPS) is 16.2. The fourth-order valence-electron chi connectivity index (χ4n) is 5.34. The molecule has 0 saturated heterocycles. The van der Waals surface area contributed by atoms with Gasteiger partial charge in [-0.3, -0.25) is 15.1 Å². The summed E-state index contributed by atoms with van der Waals surface area (Å²) in [5.74, 6) is 1.92. The number of guanidine groups is 1. The number of rotatable bonds is 10. The van der Waals surface area contributed by atoms with Crippen molar-refractivity contribution in [3.63, 3.8) is 0 Å². The zero-order chi connectivity index (χ0) is 29.0. The van der Waals surface area contributed by atoms with E-state index in [9.17, 15) is 9.90 Å². The summed E-state index contributed by atoms with van der Waals surface area (Å²) >= 11 is 1.82. The number of amides is 1. The third kappa shape index (κ3) is 6.55. The molecule has 1 heterocycles. The lowest BCUT2D eigenvalue weighted by atomic mass is 9.85. The molecule has 0 radical (unpaired) electrons. The molecule has 212 valence electrons. The smallest absolute Gasteiger partial charge is 0.221 e. The summed E-state index contributed by atoms with van der Waals surface area (Å²) in [7, 11) is 0. The molecule has 40 heavy (non-hydrogen) atoms. The van der Waals surface area contributed by atoms with Crippen molar-refractivity contribution in [2.45, 2.75) is 76.7 Å². The molecule has 1 amide bonds. The SMILES string of the molecule is Cc1c(C)c2c(c(C)c1O)CCC(C)(CCCCSc1ccc(N(C(=N)N)c3ccc(CC(N)=O)cc3)cc1)O2. The molecule has 0 aliphatic carbocycles. The van der Waals surface area contributed by atoms with Crippen LogP contribution in [-0.4, -0.2) is 28.3 Å². The van der Waals surface area contributed by atoms with Crippen molar-refractivity contribution < 1.29 is 14.6 Å². The average Bonchev–Trinajstić information content (AvgIpc) is 2.92. The second-order valence-electron chi connectivity index (χ2n) is 10.9. The molecule has 7 nitrogen and oxygen atoms in total. The highest BCUT2D eigenvalue weighted by Crippen LogP contribution is 2.44. The average molecular weight is 561 g/mol. The molecule has 0 saturated carbocycles. The number of nitrogens with one attached hydrogen (secondary N) is 1. The lowest BCUT2D eigenvalue weighted by molar-refractivity contribution is -0.117. The summed E-state index contributed by atoms with van der Waals surface area (Å²) in [5, 5.41) is 18.5. The Morgan fingerprint density at radius 1 is 1.00 bits per heavy atom. The summed E-state index contributed by atoms with van der Waals surface area (Å²) in [5.41, 5.74) is 17.4. The highest BCUT2D eigenvalue weighted by atomic mass is 32.2. The lowest BCUT2D eigenvalue weighted by Gasteiger charge is -2.38. The molecule has 6 N–H and O–H groups in total. The number of anilines is 2. The van der Waals surface area contributed by atoms with Crippen molar-refractivity contribution in [3.05, 3.63) is 76.3 Å². The number of hydrogen-bond acceptors (Lipinski definition) is 5. The fraction of sp³-hybridized carbons (Fsp3) is 0.375. The second-order valence-corrected chi connectivity index (χ2v) is 12.1. The summed E-state index contributed by atoms with van der Waals surface area (Å²) in [6.45, 7) is 8.20. The van der Waals surface area contributed by atoms with E-state index in [2.05, 4.69) is 19.1 Å². The number of aromatic hydroxyl groups is 1. The van der Waals surface area contributed by atoms with Gasteiger partial charge in [0.2, 0.25) is 5.91 Å². The minimum Gasteiger partial charge on any atom is -0.507 e. The van der Waals surface area contributed by atoms with E-state index < -0.39 is 0 Å². The largest absolute Gasteiger partial charge is 0.507 e. The molecule has 3 aromatic carbocycles. The van der Waals surface area contributed by atoms with Gasteiger partial charge in [0.05, 0.1) is 6.42 Å². The molecular weight excluding hydrogens is 520 g/mol. The zero-order valence-corrected chi connectivity index (χ0v) is 24.7. The second kappa shape index (κ2) is 12.3. The Bertz CT molecular complexity index is 1390. The van der Waals surface area contributed by atoms with Crippen LogP contribution in [0.15, 0.2) is 53.4 Å². The Kier molecular flexibility index (Phi) is 8.98. The number of unbranched alkanes of at least 4 members (excludes halogenated alkanes) is 1. The van der Waals surface area contributed by atoms with Gasteiger partial charge in [0.15, 0.2) is 5.96 Å². The molecular formula is C32H40N4O3S. The first-order chi connectivity index (χ1) is 19.0. The maximum Gasteiger partial charge on any atom is 0.221 e. The van der Waals surface area contributed by atoms with Gasteiger partial charge in [-0.15, -0.1) is 11.8 Å².